The monoisotopic (exact) mass is 550 g/mol. The minimum atomic E-state index is -2.35. The van der Waals surface area contributed by atoms with Crippen LogP contribution in [0.4, 0.5) is 13.6 Å². The quantitative estimate of drug-likeness (QED) is 0.463. The first-order valence-corrected chi connectivity index (χ1v) is 13.9. The van der Waals surface area contributed by atoms with Crippen LogP contribution in [0.5, 0.6) is 0 Å². The van der Waals surface area contributed by atoms with Gasteiger partial charge in [0.1, 0.15) is 6.17 Å². The predicted molar refractivity (Wildman–Crippen MR) is 137 cm³/mol. The van der Waals surface area contributed by atoms with Crippen molar-refractivity contribution in [3.8, 4) is 0 Å². The number of ketones is 1. The summed E-state index contributed by atoms with van der Waals surface area (Å²) in [4.78, 5) is 38.0. The van der Waals surface area contributed by atoms with E-state index >= 15 is 8.78 Å². The van der Waals surface area contributed by atoms with Crippen molar-refractivity contribution in [2.24, 2.45) is 45.3 Å². The standard InChI is InChI=1S/C30H40F2O7/c1-15-10-17-18-12-20(31)19-11-16(33)8-9-27(19,6)29(18,32)22(34)13-28(17,7)30(15,23(35)36)39-24(37)38-14-21-25(2,3)26(21,4)5/h8-9,11,15,17-18,20-22,34H,10,12-14H2,1-7H3,(H,35,36)/t15-,17+,18+,20+,22+,27+,28+,29?,30-/m1/s1. The summed E-state index contributed by atoms with van der Waals surface area (Å²) in [5, 5.41) is 22.0. The van der Waals surface area contributed by atoms with Crippen LogP contribution in [0.1, 0.15) is 67.7 Å². The first-order chi connectivity index (χ1) is 17.8. The van der Waals surface area contributed by atoms with Crippen LogP contribution in [0.3, 0.4) is 0 Å². The summed E-state index contributed by atoms with van der Waals surface area (Å²) in [6, 6.07) is 0. The third-order valence-corrected chi connectivity index (χ3v) is 12.4. The Morgan fingerprint density at radius 2 is 1.69 bits per heavy atom. The maximum atomic E-state index is 17.3. The van der Waals surface area contributed by atoms with E-state index in [9.17, 15) is 24.6 Å². The molecule has 0 saturated heterocycles. The van der Waals surface area contributed by atoms with Gasteiger partial charge in [-0.3, -0.25) is 4.79 Å². The number of allylic oxidation sites excluding steroid dienone is 4. The maximum absolute atomic E-state index is 17.3. The minimum absolute atomic E-state index is 0.00213. The minimum Gasteiger partial charge on any atom is -0.478 e. The summed E-state index contributed by atoms with van der Waals surface area (Å²) in [5.74, 6) is -4.30. The van der Waals surface area contributed by atoms with Crippen molar-refractivity contribution in [3.05, 3.63) is 23.8 Å². The largest absolute Gasteiger partial charge is 0.509 e. The molecule has 0 bridgehead atoms. The topological polar surface area (TPSA) is 110 Å². The lowest BCUT2D eigenvalue weighted by Crippen LogP contribution is -2.71. The van der Waals surface area contributed by atoms with Gasteiger partial charge in [-0.25, -0.2) is 18.4 Å². The number of fused-ring (bicyclic) bond motifs is 5. The molecule has 0 amide bonds. The van der Waals surface area contributed by atoms with Crippen LogP contribution in [0.15, 0.2) is 23.8 Å². The molecule has 0 aromatic rings. The number of halogens is 2. The highest BCUT2D eigenvalue weighted by atomic mass is 19.1. The number of rotatable bonds is 4. The van der Waals surface area contributed by atoms with Crippen LogP contribution < -0.4 is 0 Å². The van der Waals surface area contributed by atoms with E-state index in [1.807, 2.05) is 0 Å². The molecule has 0 aliphatic heterocycles. The molecule has 5 aliphatic rings. The van der Waals surface area contributed by atoms with Gasteiger partial charge in [-0.1, -0.05) is 47.6 Å². The fourth-order valence-corrected chi connectivity index (χ4v) is 9.30. The summed E-state index contributed by atoms with van der Waals surface area (Å²) in [5.41, 5.74) is -7.55. The highest BCUT2D eigenvalue weighted by Crippen LogP contribution is 2.72. The van der Waals surface area contributed by atoms with Crippen molar-refractivity contribution in [2.45, 2.75) is 91.3 Å². The Balaban J connectivity index is 1.48. The van der Waals surface area contributed by atoms with Crippen LogP contribution in [-0.4, -0.2) is 58.3 Å². The van der Waals surface area contributed by atoms with Gasteiger partial charge in [0.05, 0.1) is 12.7 Å². The second-order valence-corrected chi connectivity index (χ2v) is 14.2. The molecule has 0 spiro atoms. The van der Waals surface area contributed by atoms with Crippen molar-refractivity contribution in [3.63, 3.8) is 0 Å². The molecule has 0 radical (unpaired) electrons. The zero-order chi connectivity index (χ0) is 29.1. The summed E-state index contributed by atoms with van der Waals surface area (Å²) >= 11 is 0. The molecule has 216 valence electrons. The number of carbonyl (C=O) groups is 3. The van der Waals surface area contributed by atoms with Gasteiger partial charge in [0, 0.05) is 28.6 Å². The fraction of sp³-hybridized carbons (Fsp3) is 0.767. The molecular weight excluding hydrogens is 510 g/mol. The smallest absolute Gasteiger partial charge is 0.478 e. The van der Waals surface area contributed by atoms with E-state index in [4.69, 9.17) is 9.47 Å². The van der Waals surface area contributed by atoms with Crippen LogP contribution in [0.25, 0.3) is 0 Å². The van der Waals surface area contributed by atoms with Crippen LogP contribution >= 0.6 is 0 Å². The molecule has 9 heteroatoms. The number of ether oxygens (including phenoxy) is 2. The SMILES string of the molecule is C[C@@H]1C[C@H]2[C@@H]3C[C@H](F)C4=CC(=O)C=C[C@]4(C)C3(F)[C@@H](O)C[C@]2(C)[C@]1(OC(=O)OCC1C(C)(C)C1(C)C)C(=O)O. The number of aliphatic hydroxyl groups is 1. The molecule has 0 heterocycles. The van der Waals surface area contributed by atoms with Gasteiger partial charge < -0.3 is 19.7 Å². The third kappa shape index (κ3) is 3.25. The molecule has 4 fully saturated rings. The molecule has 4 saturated carbocycles. The van der Waals surface area contributed by atoms with Gasteiger partial charge in [0.15, 0.2) is 11.5 Å². The summed E-state index contributed by atoms with van der Waals surface area (Å²) < 4.78 is 44.2. The number of aliphatic hydroxyl groups excluding tert-OH is 1. The Kier molecular flexibility index (Phi) is 5.89. The molecular formula is C30H40F2O7. The Morgan fingerprint density at radius 3 is 2.26 bits per heavy atom. The highest BCUT2D eigenvalue weighted by Gasteiger charge is 2.78. The first-order valence-electron chi connectivity index (χ1n) is 13.9. The van der Waals surface area contributed by atoms with Gasteiger partial charge in [0.25, 0.3) is 0 Å². The Hall–Kier alpha value is -2.29. The van der Waals surface area contributed by atoms with Gasteiger partial charge >= 0.3 is 12.1 Å². The lowest BCUT2D eigenvalue weighted by molar-refractivity contribution is -0.231. The van der Waals surface area contributed by atoms with E-state index in [-0.39, 0.29) is 48.2 Å². The van der Waals surface area contributed by atoms with Crippen LogP contribution in [0.2, 0.25) is 0 Å². The number of carboxylic acid groups (broad SMARTS) is 1. The van der Waals surface area contributed by atoms with E-state index in [1.54, 1.807) is 13.8 Å². The Morgan fingerprint density at radius 1 is 1.08 bits per heavy atom. The second-order valence-electron chi connectivity index (χ2n) is 14.2. The van der Waals surface area contributed by atoms with E-state index < -0.39 is 70.0 Å². The molecule has 0 aromatic heterocycles. The van der Waals surface area contributed by atoms with E-state index in [0.29, 0.717) is 0 Å². The predicted octanol–water partition coefficient (Wildman–Crippen LogP) is 5.21. The number of carboxylic acids is 1. The first kappa shape index (κ1) is 28.2. The van der Waals surface area contributed by atoms with E-state index in [2.05, 4.69) is 27.7 Å². The van der Waals surface area contributed by atoms with Gasteiger partial charge in [-0.15, -0.1) is 0 Å². The van der Waals surface area contributed by atoms with Gasteiger partial charge in [-0.05, 0) is 60.7 Å². The molecule has 39 heavy (non-hydrogen) atoms. The zero-order valence-corrected chi connectivity index (χ0v) is 23.7. The van der Waals surface area contributed by atoms with Crippen molar-refractivity contribution < 1.29 is 42.9 Å². The number of hydrogen-bond acceptors (Lipinski definition) is 6. The van der Waals surface area contributed by atoms with Crippen molar-refractivity contribution in [2.75, 3.05) is 6.61 Å². The second kappa shape index (κ2) is 8.14. The maximum Gasteiger partial charge on any atom is 0.509 e. The summed E-state index contributed by atoms with van der Waals surface area (Å²) in [6.07, 6.45) is -1.27. The number of aliphatic carboxylic acids is 1. The molecule has 5 aliphatic carbocycles. The normalized spacial score (nSPS) is 47.4. The van der Waals surface area contributed by atoms with Gasteiger partial charge in [0.2, 0.25) is 5.60 Å². The molecule has 1 unspecified atom stereocenters. The Labute approximate surface area is 228 Å². The summed E-state index contributed by atoms with van der Waals surface area (Å²) in [6.45, 7) is 13.1. The number of alkyl halides is 2. The van der Waals surface area contributed by atoms with E-state index in [1.165, 1.54) is 19.1 Å². The third-order valence-electron chi connectivity index (χ3n) is 12.4. The molecule has 0 aromatic carbocycles. The molecule has 2 N–H and O–H groups in total. The van der Waals surface area contributed by atoms with Crippen molar-refractivity contribution >= 4 is 17.9 Å². The highest BCUT2D eigenvalue weighted by molar-refractivity contribution is 6.01. The lowest BCUT2D eigenvalue weighted by Gasteiger charge is -2.62. The Bertz CT molecular complexity index is 1180. The van der Waals surface area contributed by atoms with Crippen molar-refractivity contribution in [1.82, 2.24) is 0 Å². The number of hydrogen-bond donors (Lipinski definition) is 2. The average molecular weight is 551 g/mol. The molecule has 5 rings (SSSR count). The molecule has 7 nitrogen and oxygen atoms in total. The van der Waals surface area contributed by atoms with Crippen LogP contribution in [-0.2, 0) is 19.1 Å². The van der Waals surface area contributed by atoms with Gasteiger partial charge in [-0.2, -0.15) is 0 Å². The lowest BCUT2D eigenvalue weighted by atomic mass is 9.44. The average Bonchev–Trinajstić information content (AvgIpc) is 3.10. The van der Waals surface area contributed by atoms with E-state index in [0.717, 1.165) is 6.08 Å². The zero-order valence-electron chi connectivity index (χ0n) is 23.7. The fourth-order valence-electron chi connectivity index (χ4n) is 9.30. The summed E-state index contributed by atoms with van der Waals surface area (Å²) in [7, 11) is 0. The molecule has 9 atom stereocenters. The van der Waals surface area contributed by atoms with Crippen molar-refractivity contribution in [1.29, 1.82) is 0 Å². The van der Waals surface area contributed by atoms with Crippen LogP contribution in [0, 0.1) is 45.3 Å². The number of carbonyl (C=O) groups excluding carboxylic acids is 2.